The molecule has 4 rings (SSSR count). The van der Waals surface area contributed by atoms with Crippen LogP contribution in [0.15, 0.2) is 65.3 Å². The van der Waals surface area contributed by atoms with Crippen molar-refractivity contribution in [2.45, 2.75) is 18.6 Å². The van der Waals surface area contributed by atoms with Crippen molar-refractivity contribution in [2.75, 3.05) is 20.0 Å². The summed E-state index contributed by atoms with van der Waals surface area (Å²) in [7, 11) is -0.439. The zero-order chi connectivity index (χ0) is 24.1. The molecule has 0 amide bonds. The van der Waals surface area contributed by atoms with Crippen molar-refractivity contribution in [3.05, 3.63) is 77.3 Å². The van der Waals surface area contributed by atoms with Gasteiger partial charge in [-0.25, -0.2) is 8.42 Å². The lowest BCUT2D eigenvalue weighted by molar-refractivity contribution is 0.390. The van der Waals surface area contributed by atoms with Crippen LogP contribution in [-0.2, 0) is 22.0 Å². The first-order chi connectivity index (χ1) is 16.4. The standard InChI is InChI=1S/C24H24ClN3O5S/c1-31-19-7-3-8-20(32-2)23(19)28-22(26-27-24(28)21-9-4-14-33-21)16-34(29,30)15-5-6-17-10-12-18(25)13-11-17/h3-4,7-14H,5-6,15-16H2,1-2H3. The number of ether oxygens (including phenoxy) is 2. The minimum absolute atomic E-state index is 0.00162. The lowest BCUT2D eigenvalue weighted by atomic mass is 10.1. The number of methoxy groups -OCH3 is 2. The normalized spacial score (nSPS) is 11.5. The molecule has 2 aromatic carbocycles. The van der Waals surface area contributed by atoms with Gasteiger partial charge >= 0.3 is 0 Å². The summed E-state index contributed by atoms with van der Waals surface area (Å²) in [5.41, 5.74) is 1.52. The van der Waals surface area contributed by atoms with E-state index in [9.17, 15) is 8.42 Å². The zero-order valence-corrected chi connectivity index (χ0v) is 20.3. The molecule has 34 heavy (non-hydrogen) atoms. The minimum atomic E-state index is -3.50. The molecule has 0 fully saturated rings. The van der Waals surface area contributed by atoms with Crippen molar-refractivity contribution >= 4 is 21.4 Å². The summed E-state index contributed by atoms with van der Waals surface area (Å²) in [6, 6.07) is 16.1. The zero-order valence-electron chi connectivity index (χ0n) is 18.8. The molecule has 0 aliphatic carbocycles. The maximum absolute atomic E-state index is 13.0. The fraction of sp³-hybridized carbons (Fsp3) is 0.250. The molecule has 0 N–H and O–H groups in total. The fourth-order valence-electron chi connectivity index (χ4n) is 3.68. The van der Waals surface area contributed by atoms with Crippen LogP contribution in [0.4, 0.5) is 0 Å². The summed E-state index contributed by atoms with van der Waals surface area (Å²) < 4.78 is 44.3. The fourth-order valence-corrected chi connectivity index (χ4v) is 5.11. The molecule has 0 saturated carbocycles. The van der Waals surface area contributed by atoms with E-state index in [1.165, 1.54) is 20.5 Å². The summed E-state index contributed by atoms with van der Waals surface area (Å²) >= 11 is 5.92. The Morgan fingerprint density at radius 2 is 1.68 bits per heavy atom. The molecule has 10 heteroatoms. The summed E-state index contributed by atoms with van der Waals surface area (Å²) in [4.78, 5) is 0. The number of nitrogens with zero attached hydrogens (tertiary/aromatic N) is 3. The molecule has 4 aromatic rings. The number of rotatable bonds is 10. The summed E-state index contributed by atoms with van der Waals surface area (Å²) in [6.07, 6.45) is 2.61. The Hall–Kier alpha value is -3.30. The van der Waals surface area contributed by atoms with E-state index in [2.05, 4.69) is 10.2 Å². The molecular weight excluding hydrogens is 478 g/mol. The maximum Gasteiger partial charge on any atom is 0.204 e. The molecule has 0 saturated heterocycles. The Morgan fingerprint density at radius 1 is 0.971 bits per heavy atom. The number of benzene rings is 2. The molecular formula is C24H24ClN3O5S. The first-order valence-electron chi connectivity index (χ1n) is 10.6. The van der Waals surface area contributed by atoms with Crippen molar-refractivity contribution in [1.82, 2.24) is 14.8 Å². The minimum Gasteiger partial charge on any atom is -0.494 e. The van der Waals surface area contributed by atoms with Crippen molar-refractivity contribution < 1.29 is 22.3 Å². The second-order valence-corrected chi connectivity index (χ2v) is 10.2. The van der Waals surface area contributed by atoms with Gasteiger partial charge in [-0.15, -0.1) is 10.2 Å². The van der Waals surface area contributed by atoms with Crippen molar-refractivity contribution in [3.63, 3.8) is 0 Å². The van der Waals surface area contributed by atoms with Crippen LogP contribution in [0.25, 0.3) is 17.3 Å². The van der Waals surface area contributed by atoms with Gasteiger partial charge in [0.2, 0.25) is 5.82 Å². The molecule has 2 aromatic heterocycles. The van der Waals surface area contributed by atoms with Crippen molar-refractivity contribution in [1.29, 1.82) is 0 Å². The molecule has 8 nitrogen and oxygen atoms in total. The Balaban J connectivity index is 1.66. The van der Waals surface area contributed by atoms with Crippen LogP contribution in [0.5, 0.6) is 11.5 Å². The maximum atomic E-state index is 13.0. The van der Waals surface area contributed by atoms with Gasteiger partial charge in [-0.1, -0.05) is 29.8 Å². The Kier molecular flexibility index (Phi) is 7.23. The summed E-state index contributed by atoms with van der Waals surface area (Å²) in [6.45, 7) is 0. The van der Waals surface area contributed by atoms with Crippen LogP contribution in [0.1, 0.15) is 17.8 Å². The van der Waals surface area contributed by atoms with Gasteiger partial charge in [0, 0.05) is 5.02 Å². The summed E-state index contributed by atoms with van der Waals surface area (Å²) in [5.74, 6) is 1.68. The average molecular weight is 502 g/mol. The second kappa shape index (κ2) is 10.3. The second-order valence-electron chi connectivity index (χ2n) is 7.59. The third kappa shape index (κ3) is 5.26. The number of para-hydroxylation sites is 1. The molecule has 0 atom stereocenters. The van der Waals surface area contributed by atoms with Crippen LogP contribution in [-0.4, -0.2) is 43.2 Å². The highest BCUT2D eigenvalue weighted by Crippen LogP contribution is 2.36. The largest absolute Gasteiger partial charge is 0.494 e. The van der Waals surface area contributed by atoms with Crippen LogP contribution in [0.3, 0.4) is 0 Å². The number of hydrogen-bond acceptors (Lipinski definition) is 7. The Bertz CT molecular complexity index is 1330. The van der Waals surface area contributed by atoms with Crippen LogP contribution in [0, 0.1) is 0 Å². The number of furan rings is 1. The number of aromatic nitrogens is 3. The predicted molar refractivity (Wildman–Crippen MR) is 129 cm³/mol. The molecule has 0 aliphatic rings. The van der Waals surface area contributed by atoms with E-state index >= 15 is 0 Å². The SMILES string of the molecule is COc1cccc(OC)c1-n1c(CS(=O)(=O)CCCc2ccc(Cl)cc2)nnc1-c1ccco1. The van der Waals surface area contributed by atoms with Gasteiger partial charge in [-0.3, -0.25) is 4.57 Å². The van der Waals surface area contributed by atoms with Gasteiger partial charge in [-0.2, -0.15) is 0 Å². The highest BCUT2D eigenvalue weighted by atomic mass is 35.5. The van der Waals surface area contributed by atoms with Gasteiger partial charge in [0.05, 0.1) is 26.2 Å². The lowest BCUT2D eigenvalue weighted by Crippen LogP contribution is -2.15. The van der Waals surface area contributed by atoms with E-state index in [0.29, 0.717) is 46.6 Å². The quantitative estimate of drug-likeness (QED) is 0.309. The predicted octanol–water partition coefficient (Wildman–Crippen LogP) is 4.75. The van der Waals surface area contributed by atoms with Crippen molar-refractivity contribution in [2.24, 2.45) is 0 Å². The highest BCUT2D eigenvalue weighted by Gasteiger charge is 2.26. The molecule has 0 aliphatic heterocycles. The highest BCUT2D eigenvalue weighted by molar-refractivity contribution is 7.90. The van der Waals surface area contributed by atoms with E-state index in [-0.39, 0.29) is 17.3 Å². The third-order valence-electron chi connectivity index (χ3n) is 5.28. The number of hydrogen-bond donors (Lipinski definition) is 0. The van der Waals surface area contributed by atoms with Crippen LogP contribution < -0.4 is 9.47 Å². The van der Waals surface area contributed by atoms with Gasteiger partial charge < -0.3 is 13.9 Å². The summed E-state index contributed by atoms with van der Waals surface area (Å²) in [5, 5.41) is 9.09. The van der Waals surface area contributed by atoms with E-state index in [1.807, 2.05) is 12.1 Å². The van der Waals surface area contributed by atoms with E-state index < -0.39 is 9.84 Å². The van der Waals surface area contributed by atoms with E-state index in [1.54, 1.807) is 47.0 Å². The molecule has 0 radical (unpaired) electrons. The van der Waals surface area contributed by atoms with E-state index in [0.717, 1.165) is 5.56 Å². The van der Waals surface area contributed by atoms with Gasteiger partial charge in [0.1, 0.15) is 22.9 Å². The van der Waals surface area contributed by atoms with Crippen LogP contribution >= 0.6 is 11.6 Å². The molecule has 0 unspecified atom stereocenters. The van der Waals surface area contributed by atoms with Crippen molar-refractivity contribution in [3.8, 4) is 28.8 Å². The topological polar surface area (TPSA) is 96.5 Å². The van der Waals surface area contributed by atoms with Gasteiger partial charge in [0.15, 0.2) is 21.4 Å². The first kappa shape index (κ1) is 23.8. The molecule has 0 spiro atoms. The number of aryl methyl sites for hydroxylation is 1. The molecule has 2 heterocycles. The van der Waals surface area contributed by atoms with Gasteiger partial charge in [-0.05, 0) is 54.8 Å². The van der Waals surface area contributed by atoms with E-state index in [4.69, 9.17) is 25.5 Å². The Morgan fingerprint density at radius 3 is 2.29 bits per heavy atom. The van der Waals surface area contributed by atoms with Crippen LogP contribution in [0.2, 0.25) is 5.02 Å². The Labute approximate surface area is 203 Å². The first-order valence-corrected chi connectivity index (χ1v) is 12.8. The number of halogens is 1. The molecule has 178 valence electrons. The molecule has 0 bridgehead atoms. The monoisotopic (exact) mass is 501 g/mol. The third-order valence-corrected chi connectivity index (χ3v) is 7.14. The van der Waals surface area contributed by atoms with Gasteiger partial charge in [0.25, 0.3) is 0 Å². The lowest BCUT2D eigenvalue weighted by Gasteiger charge is -2.16. The average Bonchev–Trinajstić information content (AvgIpc) is 3.49. The smallest absolute Gasteiger partial charge is 0.204 e. The number of sulfone groups is 1.